The van der Waals surface area contributed by atoms with Crippen molar-refractivity contribution >= 4 is 20.4 Å². The van der Waals surface area contributed by atoms with Crippen LogP contribution in [-0.2, 0) is 24.7 Å². The van der Waals surface area contributed by atoms with E-state index in [0.29, 0.717) is 9.54 Å². The molecule has 1 atom stereocenters. The van der Waals surface area contributed by atoms with E-state index >= 15 is 0 Å². The number of nitrogens with zero attached hydrogens (tertiary/aromatic N) is 1. The molecule has 0 aromatic heterocycles. The Kier molecular flexibility index (Phi) is 8.05. The summed E-state index contributed by atoms with van der Waals surface area (Å²) in [5.41, 5.74) is 12.9. The predicted octanol–water partition coefficient (Wildman–Crippen LogP) is 1.69. The van der Waals surface area contributed by atoms with Gasteiger partial charge in [-0.05, 0) is 29.0 Å². The van der Waals surface area contributed by atoms with E-state index < -0.39 is 8.07 Å². The molecule has 2 aromatic carbocycles. The van der Waals surface area contributed by atoms with E-state index in [1.54, 1.807) is 40.7 Å². The van der Waals surface area contributed by atoms with Crippen molar-refractivity contribution in [3.63, 3.8) is 0 Å². The van der Waals surface area contributed by atoms with E-state index in [4.69, 9.17) is 0 Å². The number of aliphatic imine (C=N–C) groups is 1. The second kappa shape index (κ2) is 10.0. The van der Waals surface area contributed by atoms with Gasteiger partial charge in [0.2, 0.25) is 0 Å². The molecule has 5 heteroatoms. The molecule has 2 bridgehead atoms. The molecule has 1 unspecified atom stereocenters. The van der Waals surface area contributed by atoms with E-state index in [1.807, 2.05) is 6.21 Å². The van der Waals surface area contributed by atoms with Gasteiger partial charge in [0.25, 0.3) is 0 Å². The van der Waals surface area contributed by atoms with Gasteiger partial charge in [-0.1, -0.05) is 13.1 Å². The first kappa shape index (κ1) is 27.3. The molecule has 173 valence electrons. The first-order chi connectivity index (χ1) is 15.2. The third-order valence-corrected chi connectivity index (χ3v) is 12.7. The zero-order chi connectivity index (χ0) is 22.8. The number of aryl methyl sites for hydroxylation is 1. The van der Waals surface area contributed by atoms with Gasteiger partial charge in [0.15, 0.2) is 0 Å². The van der Waals surface area contributed by atoms with Gasteiger partial charge < -0.3 is 24.8 Å². The molecular weight excluding hydrogens is 553 g/mol. The number of rotatable bonds is 2. The maximum Gasteiger partial charge on any atom is -1.00 e. The molecule has 7 rings (SSSR count). The van der Waals surface area contributed by atoms with Crippen molar-refractivity contribution in [1.29, 1.82) is 0 Å². The molecule has 34 heavy (non-hydrogen) atoms. The van der Waals surface area contributed by atoms with Gasteiger partial charge in [-0.25, -0.2) is 0 Å². The van der Waals surface area contributed by atoms with Crippen LogP contribution in [0.5, 0.6) is 0 Å². The van der Waals surface area contributed by atoms with Crippen molar-refractivity contribution in [2.75, 3.05) is 0 Å². The summed E-state index contributed by atoms with van der Waals surface area (Å²) >= 11 is 1.60. The van der Waals surface area contributed by atoms with Crippen LogP contribution in [0.4, 0.5) is 0 Å². The first-order valence-electron chi connectivity index (χ1n) is 11.6. The Morgan fingerprint density at radius 1 is 0.941 bits per heavy atom. The van der Waals surface area contributed by atoms with Gasteiger partial charge in [-0.15, -0.1) is 0 Å². The molecule has 0 fully saturated rings. The molecule has 2 aromatic rings. The minimum absolute atomic E-state index is 0. The fourth-order valence-electron chi connectivity index (χ4n) is 5.78. The van der Waals surface area contributed by atoms with Gasteiger partial charge in [0, 0.05) is 11.8 Å². The van der Waals surface area contributed by atoms with Crippen molar-refractivity contribution in [1.82, 2.24) is 0 Å². The Morgan fingerprint density at radius 3 is 2.21 bits per heavy atom. The minimum Gasteiger partial charge on any atom is -1.00 e. The Hall–Kier alpha value is -1.25. The van der Waals surface area contributed by atoms with Crippen molar-refractivity contribution in [3.05, 3.63) is 98.0 Å². The Morgan fingerprint density at radius 2 is 1.62 bits per heavy atom. The van der Waals surface area contributed by atoms with Crippen LogP contribution < -0.4 is 24.8 Å². The van der Waals surface area contributed by atoms with E-state index in [2.05, 4.69) is 100 Å². The largest absolute Gasteiger partial charge is 1.00 e. The predicted molar refractivity (Wildman–Crippen MR) is 136 cm³/mol. The quantitative estimate of drug-likeness (QED) is 0.479. The number of benzene rings is 2. The third kappa shape index (κ3) is 4.17. The minimum atomic E-state index is -1.13. The third-order valence-electron chi connectivity index (χ3n) is 7.33. The average Bonchev–Trinajstić information content (AvgIpc) is 3.45. The van der Waals surface area contributed by atoms with Crippen LogP contribution >= 0.6 is 0 Å². The summed E-state index contributed by atoms with van der Waals surface area (Å²) in [5, 5.41) is 3.27. The average molecular weight is 583 g/mol. The first-order valence-corrected chi connectivity index (χ1v) is 16.0. The van der Waals surface area contributed by atoms with Crippen LogP contribution in [0, 0.1) is 12.8 Å². The topological polar surface area (TPSA) is 12.4 Å². The summed E-state index contributed by atoms with van der Waals surface area (Å²) in [6, 6.07) is 15.7. The molecule has 5 aliphatic rings. The molecule has 0 saturated heterocycles. The summed E-state index contributed by atoms with van der Waals surface area (Å²) in [6.45, 7) is 13.8. The fourth-order valence-corrected chi connectivity index (χ4v) is 11.3. The van der Waals surface area contributed by atoms with Gasteiger partial charge in [-0.2, -0.15) is 0 Å². The monoisotopic (exact) mass is 580 g/mol. The molecule has 0 spiro atoms. The smallest absolute Gasteiger partial charge is 1.00 e. The Balaban J connectivity index is 0.000000199. The van der Waals surface area contributed by atoms with Crippen molar-refractivity contribution < 1.29 is 49.5 Å². The molecular formula is C29H30Cl2NSiZr. The Bertz CT molecular complexity index is 1290. The summed E-state index contributed by atoms with van der Waals surface area (Å²) in [5.74, 6) is 0.637. The van der Waals surface area contributed by atoms with Gasteiger partial charge in [0.05, 0.1) is 5.70 Å². The van der Waals surface area contributed by atoms with E-state index in [9.17, 15) is 0 Å². The number of hydrogen-bond donors (Lipinski definition) is 0. The van der Waals surface area contributed by atoms with Crippen LogP contribution in [0.2, 0.25) is 13.1 Å². The molecule has 2 aliphatic carbocycles. The molecule has 1 nitrogen and oxygen atoms in total. The van der Waals surface area contributed by atoms with E-state index in [1.165, 1.54) is 44.7 Å². The summed E-state index contributed by atoms with van der Waals surface area (Å²) in [6.07, 6.45) is 6.54. The van der Waals surface area contributed by atoms with Gasteiger partial charge in [-0.3, -0.25) is 4.99 Å². The maximum absolute atomic E-state index is 4.42. The SMILES string of the molecule is CC1=C2C3=CC=NC3=C1[Si]2(C)C.Cc1ccc(-c2cccc3c2C=C(C(C)C)[CH]3[Zr+2])cc1.[Cl-].[Cl-]. The van der Waals surface area contributed by atoms with Crippen LogP contribution in [0.15, 0.2) is 86.3 Å². The summed E-state index contributed by atoms with van der Waals surface area (Å²) in [4.78, 5) is 4.42. The second-order valence-corrected chi connectivity index (χ2v) is 15.8. The van der Waals surface area contributed by atoms with Crippen LogP contribution in [-0.4, -0.2) is 14.3 Å². The van der Waals surface area contributed by atoms with Crippen LogP contribution in [0.1, 0.15) is 41.1 Å². The molecule has 3 heterocycles. The number of fused-ring (bicyclic) bond motifs is 1. The van der Waals surface area contributed by atoms with Crippen molar-refractivity contribution in [2.45, 2.75) is 44.4 Å². The molecule has 0 saturated carbocycles. The van der Waals surface area contributed by atoms with E-state index in [0.717, 1.165) is 0 Å². The van der Waals surface area contributed by atoms with Crippen molar-refractivity contribution in [3.8, 4) is 11.1 Å². The molecule has 0 radical (unpaired) electrons. The molecule has 3 aliphatic heterocycles. The zero-order valence-electron chi connectivity index (χ0n) is 20.6. The van der Waals surface area contributed by atoms with Crippen LogP contribution in [0.3, 0.4) is 0 Å². The fraction of sp³-hybridized carbons (Fsp3) is 0.276. The number of halogens is 2. The Labute approximate surface area is 232 Å². The van der Waals surface area contributed by atoms with Crippen molar-refractivity contribution in [2.24, 2.45) is 10.9 Å². The standard InChI is InChI=1S/C19H19.C10H11NSi.2ClH.Zr/c1-13(2)17-11-16-5-4-6-18(19(16)12-17)15-9-7-14(3)8-10-15;1-6-9-7-4-5-11-8(7)10(6)12(9,2)3;;;/h4-13H,1-3H3;4-5H,1-3H3;2*1H;/q;;;;+2/p-2. The van der Waals surface area contributed by atoms with Crippen LogP contribution in [0.25, 0.3) is 17.2 Å². The normalized spacial score (nSPS) is 20.0. The number of allylic oxidation sites excluding steroid dienone is 5. The zero-order valence-corrected chi connectivity index (χ0v) is 25.6. The summed E-state index contributed by atoms with van der Waals surface area (Å²) < 4.78 is 0.641. The van der Waals surface area contributed by atoms with E-state index in [-0.39, 0.29) is 24.8 Å². The van der Waals surface area contributed by atoms with Gasteiger partial charge in [0.1, 0.15) is 8.07 Å². The summed E-state index contributed by atoms with van der Waals surface area (Å²) in [7, 11) is -1.13. The second-order valence-electron chi connectivity index (χ2n) is 10.1. The number of hydrogen-bond acceptors (Lipinski definition) is 1. The maximum atomic E-state index is 4.42. The molecule has 0 N–H and O–H groups in total. The van der Waals surface area contributed by atoms with Gasteiger partial charge >= 0.3 is 137 Å². The molecule has 0 amide bonds.